The van der Waals surface area contributed by atoms with Crippen LogP contribution in [0.1, 0.15) is 26.4 Å². The minimum Gasteiger partial charge on any atom is -0.486 e. The summed E-state index contributed by atoms with van der Waals surface area (Å²) in [7, 11) is 0. The van der Waals surface area contributed by atoms with E-state index in [1.54, 1.807) is 54.9 Å². The summed E-state index contributed by atoms with van der Waals surface area (Å²) in [4.78, 5) is 29.7. The molecule has 32 heavy (non-hydrogen) atoms. The summed E-state index contributed by atoms with van der Waals surface area (Å²) in [5.41, 5.74) is 3.22. The van der Waals surface area contributed by atoms with Gasteiger partial charge in [-0.25, -0.2) is 9.50 Å². The van der Waals surface area contributed by atoms with Crippen molar-refractivity contribution in [3.63, 3.8) is 0 Å². The molecule has 2 amide bonds. The van der Waals surface area contributed by atoms with Gasteiger partial charge in [-0.15, -0.1) is 0 Å². The van der Waals surface area contributed by atoms with Gasteiger partial charge < -0.3 is 20.1 Å². The monoisotopic (exact) mass is 429 g/mol. The molecule has 2 aromatic heterocycles. The fourth-order valence-electron chi connectivity index (χ4n) is 3.35. The number of amides is 2. The van der Waals surface area contributed by atoms with Crippen LogP contribution in [0.3, 0.4) is 0 Å². The number of aromatic nitrogens is 3. The van der Waals surface area contributed by atoms with Gasteiger partial charge in [0.05, 0.1) is 6.20 Å². The van der Waals surface area contributed by atoms with E-state index in [9.17, 15) is 9.59 Å². The summed E-state index contributed by atoms with van der Waals surface area (Å²) in [5.74, 6) is 0.501. The Kier molecular flexibility index (Phi) is 4.91. The molecule has 2 N–H and O–H groups in total. The highest BCUT2D eigenvalue weighted by Gasteiger charge is 2.16. The second-order valence-corrected chi connectivity index (χ2v) is 7.25. The molecule has 1 aliphatic rings. The lowest BCUT2D eigenvalue weighted by atomic mass is 10.1. The van der Waals surface area contributed by atoms with Gasteiger partial charge in [-0.3, -0.25) is 9.59 Å². The Morgan fingerprint density at radius 3 is 2.66 bits per heavy atom. The van der Waals surface area contributed by atoms with Crippen molar-refractivity contribution >= 4 is 28.8 Å². The molecule has 4 aromatic rings. The second-order valence-electron chi connectivity index (χ2n) is 7.25. The number of imidazole rings is 1. The van der Waals surface area contributed by atoms with E-state index >= 15 is 0 Å². The number of benzene rings is 2. The molecule has 0 bridgehead atoms. The number of aryl methyl sites for hydroxylation is 1. The van der Waals surface area contributed by atoms with Gasteiger partial charge in [0.15, 0.2) is 17.1 Å². The van der Waals surface area contributed by atoms with Crippen molar-refractivity contribution in [1.82, 2.24) is 14.6 Å². The molecule has 9 nitrogen and oxygen atoms in total. The fourth-order valence-corrected chi connectivity index (χ4v) is 3.35. The lowest BCUT2D eigenvalue weighted by Crippen LogP contribution is -2.17. The lowest BCUT2D eigenvalue weighted by Gasteiger charge is -2.18. The zero-order chi connectivity index (χ0) is 22.1. The molecule has 160 valence electrons. The quantitative estimate of drug-likeness (QED) is 0.515. The molecule has 0 unspecified atom stereocenters. The number of rotatable bonds is 4. The summed E-state index contributed by atoms with van der Waals surface area (Å²) in [6, 6.07) is 13.9. The Balaban J connectivity index is 1.33. The third-order valence-electron chi connectivity index (χ3n) is 5.02. The van der Waals surface area contributed by atoms with Crippen LogP contribution in [0.15, 0.2) is 60.9 Å². The third-order valence-corrected chi connectivity index (χ3v) is 5.02. The van der Waals surface area contributed by atoms with Gasteiger partial charge in [0.25, 0.3) is 11.8 Å². The van der Waals surface area contributed by atoms with Crippen LogP contribution in [0.5, 0.6) is 11.5 Å². The Morgan fingerprint density at radius 1 is 0.969 bits per heavy atom. The zero-order valence-corrected chi connectivity index (χ0v) is 17.2. The first-order valence-electron chi connectivity index (χ1n) is 10.0. The molecule has 0 saturated carbocycles. The van der Waals surface area contributed by atoms with E-state index in [1.807, 2.05) is 13.0 Å². The summed E-state index contributed by atoms with van der Waals surface area (Å²) >= 11 is 0. The number of hydrogen-bond acceptors (Lipinski definition) is 6. The maximum Gasteiger partial charge on any atom is 0.275 e. The molecule has 1 aliphatic heterocycles. The van der Waals surface area contributed by atoms with E-state index in [4.69, 9.17) is 9.47 Å². The molecule has 0 spiro atoms. The lowest BCUT2D eigenvalue weighted by molar-refractivity contribution is 0.101. The minimum atomic E-state index is -0.367. The molecule has 5 rings (SSSR count). The van der Waals surface area contributed by atoms with Crippen LogP contribution in [0.25, 0.3) is 5.65 Å². The van der Waals surface area contributed by atoms with Gasteiger partial charge >= 0.3 is 0 Å². The maximum absolute atomic E-state index is 12.7. The highest BCUT2D eigenvalue weighted by Crippen LogP contribution is 2.31. The van der Waals surface area contributed by atoms with Crippen molar-refractivity contribution in [1.29, 1.82) is 0 Å². The van der Waals surface area contributed by atoms with Crippen molar-refractivity contribution in [2.45, 2.75) is 6.92 Å². The van der Waals surface area contributed by atoms with Crippen molar-refractivity contribution in [2.24, 2.45) is 0 Å². The number of anilines is 2. The van der Waals surface area contributed by atoms with Gasteiger partial charge in [-0.1, -0.05) is 6.07 Å². The molecular weight excluding hydrogens is 410 g/mol. The Labute approximate surface area is 183 Å². The smallest absolute Gasteiger partial charge is 0.275 e. The Hall–Kier alpha value is -4.40. The van der Waals surface area contributed by atoms with Crippen LogP contribution in [0.2, 0.25) is 0 Å². The van der Waals surface area contributed by atoms with Crippen LogP contribution in [-0.4, -0.2) is 39.6 Å². The highest BCUT2D eigenvalue weighted by atomic mass is 16.6. The fraction of sp³-hybridized carbons (Fsp3) is 0.130. The predicted octanol–water partition coefficient (Wildman–Crippen LogP) is 3.31. The minimum absolute atomic E-state index is 0.244. The van der Waals surface area contributed by atoms with Gasteiger partial charge in [0, 0.05) is 23.1 Å². The summed E-state index contributed by atoms with van der Waals surface area (Å²) < 4.78 is 12.6. The van der Waals surface area contributed by atoms with E-state index in [0.29, 0.717) is 47.3 Å². The van der Waals surface area contributed by atoms with Crippen LogP contribution in [0.4, 0.5) is 11.4 Å². The first-order chi connectivity index (χ1) is 15.6. The average molecular weight is 429 g/mol. The first kappa shape index (κ1) is 19.6. The highest BCUT2D eigenvalue weighted by molar-refractivity contribution is 6.06. The summed E-state index contributed by atoms with van der Waals surface area (Å²) in [5, 5.41) is 9.82. The molecule has 2 aromatic carbocycles. The van der Waals surface area contributed by atoms with Crippen molar-refractivity contribution in [2.75, 3.05) is 23.8 Å². The van der Waals surface area contributed by atoms with Gasteiger partial charge in [0.1, 0.15) is 18.9 Å². The number of ether oxygens (including phenoxy) is 2. The molecule has 0 aliphatic carbocycles. The third kappa shape index (κ3) is 3.83. The first-order valence-corrected chi connectivity index (χ1v) is 10.0. The van der Waals surface area contributed by atoms with Crippen molar-refractivity contribution in [3.8, 4) is 11.5 Å². The van der Waals surface area contributed by atoms with Crippen LogP contribution >= 0.6 is 0 Å². The molecule has 0 saturated heterocycles. The standard InChI is InChI=1S/C23H19N5O4/c1-14-4-6-16(25-22(29)15-5-7-19-20(11-15)32-10-9-31-19)12-17(14)27-23(30)18-13-28-21(26-18)3-2-8-24-28/h2-8,11-13H,9-10H2,1H3,(H,25,29)(H,27,30). The number of fused-ring (bicyclic) bond motifs is 2. The molecule has 0 fully saturated rings. The molecule has 0 atom stereocenters. The van der Waals surface area contributed by atoms with E-state index in [-0.39, 0.29) is 17.5 Å². The number of hydrogen-bond donors (Lipinski definition) is 2. The molecule has 0 radical (unpaired) electrons. The number of nitrogens with zero attached hydrogens (tertiary/aromatic N) is 3. The van der Waals surface area contributed by atoms with Gasteiger partial charge in [0.2, 0.25) is 0 Å². The number of carbonyl (C=O) groups is 2. The predicted molar refractivity (Wildman–Crippen MR) is 118 cm³/mol. The molecular formula is C23H19N5O4. The van der Waals surface area contributed by atoms with E-state index in [1.165, 1.54) is 4.52 Å². The Morgan fingerprint density at radius 2 is 1.81 bits per heavy atom. The van der Waals surface area contributed by atoms with E-state index in [0.717, 1.165) is 5.56 Å². The molecule has 9 heteroatoms. The summed E-state index contributed by atoms with van der Waals surface area (Å²) in [6.45, 7) is 2.80. The van der Waals surface area contributed by atoms with Gasteiger partial charge in [-0.2, -0.15) is 5.10 Å². The van der Waals surface area contributed by atoms with Crippen molar-refractivity contribution in [3.05, 3.63) is 77.7 Å². The summed E-state index contributed by atoms with van der Waals surface area (Å²) in [6.07, 6.45) is 3.18. The number of carbonyl (C=O) groups excluding carboxylic acids is 2. The average Bonchev–Trinajstić information content (AvgIpc) is 3.25. The van der Waals surface area contributed by atoms with E-state index < -0.39 is 0 Å². The van der Waals surface area contributed by atoms with Gasteiger partial charge in [-0.05, 0) is 55.0 Å². The molecule has 3 heterocycles. The topological polar surface area (TPSA) is 107 Å². The normalized spacial score (nSPS) is 12.4. The van der Waals surface area contributed by atoms with E-state index in [2.05, 4.69) is 20.7 Å². The SMILES string of the molecule is Cc1ccc(NC(=O)c2ccc3c(c2)OCCO3)cc1NC(=O)c1cn2ncccc2n1. The van der Waals surface area contributed by atoms with Crippen molar-refractivity contribution < 1.29 is 19.1 Å². The number of nitrogens with one attached hydrogen (secondary N) is 2. The van der Waals surface area contributed by atoms with Crippen LogP contribution in [-0.2, 0) is 0 Å². The zero-order valence-electron chi connectivity index (χ0n) is 17.2. The van der Waals surface area contributed by atoms with Crippen LogP contribution in [0, 0.1) is 6.92 Å². The largest absolute Gasteiger partial charge is 0.486 e. The van der Waals surface area contributed by atoms with Crippen LogP contribution < -0.4 is 20.1 Å². The maximum atomic E-state index is 12.7. The Bertz CT molecular complexity index is 1310. The second kappa shape index (κ2) is 8.03.